The van der Waals surface area contributed by atoms with E-state index < -0.39 is 5.54 Å². The lowest BCUT2D eigenvalue weighted by atomic mass is 9.82. The largest absolute Gasteiger partial charge is 0.394 e. The maximum Gasteiger partial charge on any atom is 0.252 e. The van der Waals surface area contributed by atoms with Crippen molar-refractivity contribution in [2.24, 2.45) is 0 Å². The van der Waals surface area contributed by atoms with Crippen LogP contribution in [-0.4, -0.2) is 23.2 Å². The van der Waals surface area contributed by atoms with Crippen LogP contribution < -0.4 is 5.32 Å². The number of hydrogen-bond acceptors (Lipinski definition) is 2. The molecule has 1 aliphatic rings. The van der Waals surface area contributed by atoms with Crippen molar-refractivity contribution in [2.75, 3.05) is 6.61 Å². The summed E-state index contributed by atoms with van der Waals surface area (Å²) in [6.45, 7) is 0.0172. The third-order valence-corrected chi connectivity index (χ3v) is 5.10. The van der Waals surface area contributed by atoms with E-state index >= 15 is 0 Å². The number of aliphatic hydroxyl groups is 1. The van der Waals surface area contributed by atoms with Gasteiger partial charge < -0.3 is 10.4 Å². The molecular formula is C14H17BrINO2. The molecule has 0 heterocycles. The minimum Gasteiger partial charge on any atom is -0.394 e. The quantitative estimate of drug-likeness (QED) is 0.711. The molecule has 0 atom stereocenters. The van der Waals surface area contributed by atoms with Crippen molar-refractivity contribution in [3.63, 3.8) is 0 Å². The zero-order chi connectivity index (χ0) is 13.9. The van der Waals surface area contributed by atoms with Crippen LogP contribution in [0.4, 0.5) is 0 Å². The zero-order valence-corrected chi connectivity index (χ0v) is 14.3. The first-order chi connectivity index (χ1) is 9.06. The van der Waals surface area contributed by atoms with Crippen molar-refractivity contribution >= 4 is 44.4 Å². The minimum atomic E-state index is -0.430. The molecule has 0 bridgehead atoms. The van der Waals surface area contributed by atoms with Crippen LogP contribution in [0.25, 0.3) is 0 Å². The molecule has 1 aromatic carbocycles. The highest BCUT2D eigenvalue weighted by atomic mass is 127. The Balaban J connectivity index is 2.17. The van der Waals surface area contributed by atoms with Gasteiger partial charge in [0.15, 0.2) is 0 Å². The van der Waals surface area contributed by atoms with Crippen molar-refractivity contribution in [3.05, 3.63) is 31.8 Å². The molecule has 3 nitrogen and oxygen atoms in total. The summed E-state index contributed by atoms with van der Waals surface area (Å²) in [5.41, 5.74) is 0.231. The summed E-state index contributed by atoms with van der Waals surface area (Å²) in [5, 5.41) is 12.7. The lowest BCUT2D eigenvalue weighted by Gasteiger charge is -2.36. The van der Waals surface area contributed by atoms with Crippen molar-refractivity contribution in [1.29, 1.82) is 0 Å². The fourth-order valence-corrected chi connectivity index (χ4v) is 3.47. The summed E-state index contributed by atoms with van der Waals surface area (Å²) in [5.74, 6) is -0.0957. The van der Waals surface area contributed by atoms with Gasteiger partial charge in [0, 0.05) is 8.04 Å². The highest BCUT2D eigenvalue weighted by Gasteiger charge is 2.33. The van der Waals surface area contributed by atoms with Crippen molar-refractivity contribution in [3.8, 4) is 0 Å². The molecule has 1 saturated carbocycles. The molecule has 0 unspecified atom stereocenters. The molecule has 1 aliphatic carbocycles. The summed E-state index contributed by atoms with van der Waals surface area (Å²) in [6.07, 6.45) is 5.04. The zero-order valence-electron chi connectivity index (χ0n) is 10.6. The van der Waals surface area contributed by atoms with Gasteiger partial charge in [-0.2, -0.15) is 0 Å². The SMILES string of the molecule is O=C(NC1(CO)CCCCC1)c1cc(Br)ccc1I. The van der Waals surface area contributed by atoms with Crippen LogP contribution in [0.3, 0.4) is 0 Å². The maximum absolute atomic E-state index is 12.4. The number of carbonyl (C=O) groups excluding carboxylic acids is 1. The predicted molar refractivity (Wildman–Crippen MR) is 87.2 cm³/mol. The van der Waals surface area contributed by atoms with Crippen molar-refractivity contribution < 1.29 is 9.90 Å². The monoisotopic (exact) mass is 437 g/mol. The van der Waals surface area contributed by atoms with E-state index in [0.717, 1.165) is 33.7 Å². The number of aliphatic hydroxyl groups excluding tert-OH is 1. The Morgan fingerprint density at radius 3 is 2.68 bits per heavy atom. The maximum atomic E-state index is 12.4. The van der Waals surface area contributed by atoms with Crippen LogP contribution in [0.15, 0.2) is 22.7 Å². The Hall–Kier alpha value is -0.140. The van der Waals surface area contributed by atoms with Crippen LogP contribution in [0, 0.1) is 3.57 Å². The molecule has 0 spiro atoms. The molecule has 19 heavy (non-hydrogen) atoms. The molecule has 0 saturated heterocycles. The third-order valence-electron chi connectivity index (χ3n) is 3.67. The van der Waals surface area contributed by atoms with Gasteiger partial charge in [-0.3, -0.25) is 4.79 Å². The van der Waals surface area contributed by atoms with E-state index in [0.29, 0.717) is 5.56 Å². The Bertz CT molecular complexity index is 473. The van der Waals surface area contributed by atoms with Crippen LogP contribution in [0.2, 0.25) is 0 Å². The fourth-order valence-electron chi connectivity index (χ4n) is 2.53. The predicted octanol–water partition coefficient (Wildman–Crippen LogP) is 3.48. The first-order valence-corrected chi connectivity index (χ1v) is 8.32. The van der Waals surface area contributed by atoms with Crippen molar-refractivity contribution in [1.82, 2.24) is 5.32 Å². The molecule has 104 valence electrons. The van der Waals surface area contributed by atoms with E-state index in [-0.39, 0.29) is 12.5 Å². The number of hydrogen-bond donors (Lipinski definition) is 2. The number of carbonyl (C=O) groups is 1. The Labute approximate surface area is 135 Å². The van der Waals surface area contributed by atoms with Gasteiger partial charge in [-0.1, -0.05) is 35.2 Å². The standard InChI is InChI=1S/C14H17BrINO2/c15-10-4-5-12(16)11(8-10)13(19)17-14(9-18)6-2-1-3-7-14/h4-5,8,18H,1-3,6-7,9H2,(H,17,19). The van der Waals surface area contributed by atoms with Gasteiger partial charge in [0.1, 0.15) is 0 Å². The van der Waals surface area contributed by atoms with E-state index in [1.54, 1.807) is 0 Å². The summed E-state index contributed by atoms with van der Waals surface area (Å²) >= 11 is 5.55. The second-order valence-corrected chi connectivity index (χ2v) is 7.16. The van der Waals surface area contributed by atoms with E-state index in [1.807, 2.05) is 18.2 Å². The molecule has 2 N–H and O–H groups in total. The van der Waals surface area contributed by atoms with Crippen LogP contribution >= 0.6 is 38.5 Å². The van der Waals surface area contributed by atoms with E-state index in [2.05, 4.69) is 43.8 Å². The van der Waals surface area contributed by atoms with Gasteiger partial charge >= 0.3 is 0 Å². The summed E-state index contributed by atoms with van der Waals surface area (Å²) in [7, 11) is 0. The Morgan fingerprint density at radius 2 is 2.05 bits per heavy atom. The number of nitrogens with one attached hydrogen (secondary N) is 1. The molecular weight excluding hydrogens is 421 g/mol. The van der Waals surface area contributed by atoms with Gasteiger partial charge in [0.05, 0.1) is 17.7 Å². The lowest BCUT2D eigenvalue weighted by Crippen LogP contribution is -2.52. The van der Waals surface area contributed by atoms with E-state index in [1.165, 1.54) is 6.42 Å². The number of rotatable bonds is 3. The normalized spacial score (nSPS) is 18.1. The van der Waals surface area contributed by atoms with Gasteiger partial charge in [-0.15, -0.1) is 0 Å². The minimum absolute atomic E-state index is 0.0172. The highest BCUT2D eigenvalue weighted by Crippen LogP contribution is 2.28. The summed E-state index contributed by atoms with van der Waals surface area (Å²) < 4.78 is 1.81. The second-order valence-electron chi connectivity index (χ2n) is 5.08. The molecule has 2 rings (SSSR count). The van der Waals surface area contributed by atoms with Gasteiger partial charge in [-0.05, 0) is 53.6 Å². The molecule has 0 radical (unpaired) electrons. The van der Waals surface area contributed by atoms with E-state index in [4.69, 9.17) is 0 Å². The van der Waals surface area contributed by atoms with Crippen LogP contribution in [0.5, 0.6) is 0 Å². The average Bonchev–Trinajstić information content (AvgIpc) is 2.42. The van der Waals surface area contributed by atoms with Gasteiger partial charge in [0.25, 0.3) is 5.91 Å². The first-order valence-electron chi connectivity index (χ1n) is 6.45. The third kappa shape index (κ3) is 3.70. The summed E-state index contributed by atoms with van der Waals surface area (Å²) in [6, 6.07) is 5.65. The molecule has 1 amide bonds. The number of amides is 1. The Kier molecular flexibility index (Phi) is 5.25. The van der Waals surface area contributed by atoms with Crippen molar-refractivity contribution in [2.45, 2.75) is 37.6 Å². The van der Waals surface area contributed by atoms with E-state index in [9.17, 15) is 9.90 Å². The summed E-state index contributed by atoms with van der Waals surface area (Å²) in [4.78, 5) is 12.4. The topological polar surface area (TPSA) is 49.3 Å². The fraction of sp³-hybridized carbons (Fsp3) is 0.500. The molecule has 1 aromatic rings. The average molecular weight is 438 g/mol. The smallest absolute Gasteiger partial charge is 0.252 e. The molecule has 1 fully saturated rings. The lowest BCUT2D eigenvalue weighted by molar-refractivity contribution is 0.0757. The number of halogens is 2. The van der Waals surface area contributed by atoms with Crippen LogP contribution in [0.1, 0.15) is 42.5 Å². The second kappa shape index (κ2) is 6.54. The highest BCUT2D eigenvalue weighted by molar-refractivity contribution is 14.1. The molecule has 5 heteroatoms. The van der Waals surface area contributed by atoms with Gasteiger partial charge in [-0.25, -0.2) is 0 Å². The number of benzene rings is 1. The first kappa shape index (κ1) is 15.3. The molecule has 0 aromatic heterocycles. The van der Waals surface area contributed by atoms with Crippen LogP contribution in [-0.2, 0) is 0 Å². The molecule has 0 aliphatic heterocycles. The Morgan fingerprint density at radius 1 is 1.37 bits per heavy atom. The van der Waals surface area contributed by atoms with Gasteiger partial charge in [0.2, 0.25) is 0 Å².